The minimum absolute atomic E-state index is 0.0885. The summed E-state index contributed by atoms with van der Waals surface area (Å²) >= 11 is 3.62. The fourth-order valence-electron chi connectivity index (χ4n) is 1.57. The second-order valence-corrected chi connectivity index (χ2v) is 5.83. The molecule has 2 heterocycles. The molecule has 0 fully saturated rings. The zero-order valence-corrected chi connectivity index (χ0v) is 12.7. The number of rotatable bonds is 2. The molecule has 0 radical (unpaired) electrons. The van der Waals surface area contributed by atoms with Crippen molar-refractivity contribution < 1.29 is 9.53 Å². The van der Waals surface area contributed by atoms with Crippen molar-refractivity contribution in [2.45, 2.75) is 0 Å². The SMILES string of the molecule is COC(=O)c1nnc2sc(-c3cccc(I)c3)nn12. The third-order valence-electron chi connectivity index (χ3n) is 2.43. The van der Waals surface area contributed by atoms with Crippen LogP contribution >= 0.6 is 33.9 Å². The van der Waals surface area contributed by atoms with Gasteiger partial charge in [0.15, 0.2) is 0 Å². The molecule has 19 heavy (non-hydrogen) atoms. The smallest absolute Gasteiger partial charge is 0.378 e. The third kappa shape index (κ3) is 2.21. The summed E-state index contributed by atoms with van der Waals surface area (Å²) in [7, 11) is 1.30. The Balaban J connectivity index is 2.12. The predicted octanol–water partition coefficient (Wildman–Crippen LogP) is 2.24. The van der Waals surface area contributed by atoms with E-state index in [1.54, 1.807) is 0 Å². The van der Waals surface area contributed by atoms with Crippen molar-refractivity contribution in [1.29, 1.82) is 0 Å². The lowest BCUT2D eigenvalue weighted by molar-refractivity contribution is 0.0584. The fourth-order valence-corrected chi connectivity index (χ4v) is 2.95. The Morgan fingerprint density at radius 1 is 1.42 bits per heavy atom. The predicted molar refractivity (Wildman–Crippen MR) is 78.2 cm³/mol. The highest BCUT2D eigenvalue weighted by Crippen LogP contribution is 2.26. The standard InChI is InChI=1S/C11H7IN4O2S/c1-18-10(17)8-13-14-11-16(8)15-9(19-11)6-3-2-4-7(12)5-6/h2-5H,1H3. The van der Waals surface area contributed by atoms with Crippen molar-refractivity contribution >= 4 is 44.9 Å². The second kappa shape index (κ2) is 4.85. The molecule has 0 saturated heterocycles. The average Bonchev–Trinajstić information content (AvgIpc) is 2.97. The minimum atomic E-state index is -0.549. The topological polar surface area (TPSA) is 69.4 Å². The van der Waals surface area contributed by atoms with Crippen LogP contribution in [0.3, 0.4) is 0 Å². The van der Waals surface area contributed by atoms with Gasteiger partial charge in [0, 0.05) is 9.13 Å². The number of nitrogens with zero attached hydrogens (tertiary/aromatic N) is 4. The van der Waals surface area contributed by atoms with Crippen LogP contribution in [0.25, 0.3) is 15.5 Å². The molecule has 3 rings (SSSR count). The van der Waals surface area contributed by atoms with Crippen molar-refractivity contribution in [3.63, 3.8) is 0 Å². The van der Waals surface area contributed by atoms with Crippen molar-refractivity contribution in [3.8, 4) is 10.6 Å². The minimum Gasteiger partial charge on any atom is -0.463 e. The normalized spacial score (nSPS) is 10.8. The van der Waals surface area contributed by atoms with Gasteiger partial charge in [0.2, 0.25) is 4.96 Å². The number of halogens is 1. The molecule has 0 aliphatic rings. The van der Waals surface area contributed by atoms with E-state index in [9.17, 15) is 4.79 Å². The molecule has 0 amide bonds. The van der Waals surface area contributed by atoms with Gasteiger partial charge in [0.25, 0.3) is 5.82 Å². The number of esters is 1. The first kappa shape index (κ1) is 12.5. The van der Waals surface area contributed by atoms with Crippen molar-refractivity contribution in [2.75, 3.05) is 7.11 Å². The molecule has 2 aromatic heterocycles. The molecule has 3 aromatic rings. The molecule has 0 aliphatic heterocycles. The van der Waals surface area contributed by atoms with Gasteiger partial charge in [-0.1, -0.05) is 23.5 Å². The quantitative estimate of drug-likeness (QED) is 0.499. The van der Waals surface area contributed by atoms with E-state index in [4.69, 9.17) is 0 Å². The van der Waals surface area contributed by atoms with Gasteiger partial charge in [-0.3, -0.25) is 0 Å². The molecule has 1 aromatic carbocycles. The van der Waals surface area contributed by atoms with E-state index in [1.165, 1.54) is 23.0 Å². The maximum Gasteiger partial charge on any atom is 0.378 e. The third-order valence-corrected chi connectivity index (χ3v) is 4.05. The number of hydrogen-bond acceptors (Lipinski definition) is 6. The Labute approximate surface area is 125 Å². The molecule has 0 spiro atoms. The van der Waals surface area contributed by atoms with Crippen molar-refractivity contribution in [3.05, 3.63) is 33.7 Å². The zero-order chi connectivity index (χ0) is 13.4. The molecule has 0 N–H and O–H groups in total. The maximum atomic E-state index is 11.5. The van der Waals surface area contributed by atoms with Crippen LogP contribution < -0.4 is 0 Å². The highest BCUT2D eigenvalue weighted by molar-refractivity contribution is 14.1. The Hall–Kier alpha value is -1.55. The molecule has 8 heteroatoms. The summed E-state index contributed by atoms with van der Waals surface area (Å²) in [6, 6.07) is 7.95. The van der Waals surface area contributed by atoms with Gasteiger partial charge in [-0.25, -0.2) is 4.79 Å². The molecular formula is C11H7IN4O2S. The van der Waals surface area contributed by atoms with Crippen LogP contribution in [0.5, 0.6) is 0 Å². The molecule has 0 atom stereocenters. The Morgan fingerprint density at radius 2 is 2.26 bits per heavy atom. The van der Waals surface area contributed by atoms with Gasteiger partial charge in [-0.15, -0.1) is 10.2 Å². The largest absolute Gasteiger partial charge is 0.463 e. The number of carbonyl (C=O) groups excluding carboxylic acids is 1. The summed E-state index contributed by atoms with van der Waals surface area (Å²) in [6.07, 6.45) is 0. The number of ether oxygens (including phenoxy) is 1. The second-order valence-electron chi connectivity index (χ2n) is 3.63. The van der Waals surface area contributed by atoms with Crippen molar-refractivity contribution in [1.82, 2.24) is 19.8 Å². The van der Waals surface area contributed by atoms with Crippen LogP contribution in [0.2, 0.25) is 0 Å². The molecule has 0 saturated carbocycles. The summed E-state index contributed by atoms with van der Waals surface area (Å²) in [5.74, 6) is -0.461. The van der Waals surface area contributed by atoms with Gasteiger partial charge in [-0.2, -0.15) is 9.61 Å². The average molecular weight is 386 g/mol. The number of hydrogen-bond donors (Lipinski definition) is 0. The van der Waals surface area contributed by atoms with E-state index >= 15 is 0 Å². The van der Waals surface area contributed by atoms with Crippen LogP contribution in [-0.2, 0) is 4.74 Å². The molecule has 0 aliphatic carbocycles. The van der Waals surface area contributed by atoms with E-state index in [0.717, 1.165) is 14.1 Å². The van der Waals surface area contributed by atoms with E-state index in [1.807, 2.05) is 24.3 Å². The van der Waals surface area contributed by atoms with Crippen LogP contribution in [0.15, 0.2) is 24.3 Å². The van der Waals surface area contributed by atoms with Gasteiger partial charge in [0.1, 0.15) is 5.01 Å². The summed E-state index contributed by atoms with van der Waals surface area (Å²) in [4.78, 5) is 12.1. The molecule has 0 unspecified atom stereocenters. The summed E-state index contributed by atoms with van der Waals surface area (Å²) < 4.78 is 7.17. The Kier molecular flexibility index (Phi) is 3.19. The molecule has 0 bridgehead atoms. The Bertz CT molecular complexity index is 767. The lowest BCUT2D eigenvalue weighted by Gasteiger charge is -1.96. The Morgan fingerprint density at radius 3 is 3.00 bits per heavy atom. The first-order valence-corrected chi connectivity index (χ1v) is 7.15. The highest BCUT2D eigenvalue weighted by atomic mass is 127. The molecular weight excluding hydrogens is 379 g/mol. The first-order chi connectivity index (χ1) is 9.19. The summed E-state index contributed by atoms with van der Waals surface area (Å²) in [5, 5.41) is 12.8. The van der Waals surface area contributed by atoms with E-state index < -0.39 is 5.97 Å². The van der Waals surface area contributed by atoms with Gasteiger partial charge in [0.05, 0.1) is 7.11 Å². The highest BCUT2D eigenvalue weighted by Gasteiger charge is 2.19. The number of benzene rings is 1. The summed E-state index contributed by atoms with van der Waals surface area (Å²) in [6.45, 7) is 0. The van der Waals surface area contributed by atoms with E-state index in [2.05, 4.69) is 42.6 Å². The maximum absolute atomic E-state index is 11.5. The monoisotopic (exact) mass is 386 g/mol. The first-order valence-electron chi connectivity index (χ1n) is 5.25. The van der Waals surface area contributed by atoms with Crippen molar-refractivity contribution in [2.24, 2.45) is 0 Å². The molecule has 96 valence electrons. The number of aromatic nitrogens is 4. The zero-order valence-electron chi connectivity index (χ0n) is 9.70. The number of methoxy groups -OCH3 is 1. The number of fused-ring (bicyclic) bond motifs is 1. The van der Waals surface area contributed by atoms with Crippen LogP contribution in [0.4, 0.5) is 0 Å². The van der Waals surface area contributed by atoms with Crippen LogP contribution in [0.1, 0.15) is 10.6 Å². The summed E-state index contributed by atoms with van der Waals surface area (Å²) in [5.41, 5.74) is 0.984. The van der Waals surface area contributed by atoms with Crippen LogP contribution in [-0.4, -0.2) is 32.9 Å². The van der Waals surface area contributed by atoms with Gasteiger partial charge >= 0.3 is 5.97 Å². The van der Waals surface area contributed by atoms with E-state index in [-0.39, 0.29) is 5.82 Å². The van der Waals surface area contributed by atoms with Gasteiger partial charge in [-0.05, 0) is 34.7 Å². The lowest BCUT2D eigenvalue weighted by Crippen LogP contribution is -2.07. The van der Waals surface area contributed by atoms with Gasteiger partial charge < -0.3 is 4.74 Å². The fraction of sp³-hybridized carbons (Fsp3) is 0.0909. The van der Waals surface area contributed by atoms with Crippen LogP contribution in [0, 0.1) is 3.57 Å². The van der Waals surface area contributed by atoms with E-state index in [0.29, 0.717) is 4.96 Å². The lowest BCUT2D eigenvalue weighted by atomic mass is 10.2. The molecule has 6 nitrogen and oxygen atoms in total. The number of carbonyl (C=O) groups is 1.